The van der Waals surface area contributed by atoms with Gasteiger partial charge in [-0.25, -0.2) is 4.98 Å². The van der Waals surface area contributed by atoms with Gasteiger partial charge in [0.15, 0.2) is 0 Å². The molecule has 0 saturated carbocycles. The predicted molar refractivity (Wildman–Crippen MR) is 70.0 cm³/mol. The first-order valence-corrected chi connectivity index (χ1v) is 6.38. The third-order valence-corrected chi connectivity index (χ3v) is 2.94. The van der Waals surface area contributed by atoms with E-state index in [4.69, 9.17) is 0 Å². The fraction of sp³-hybridized carbons (Fsp3) is 0.357. The van der Waals surface area contributed by atoms with Crippen LogP contribution in [0.15, 0.2) is 43.0 Å². The lowest BCUT2D eigenvalue weighted by Gasteiger charge is -2.08. The first-order valence-electron chi connectivity index (χ1n) is 6.38. The highest BCUT2D eigenvalue weighted by Crippen LogP contribution is 2.28. The molecule has 1 aromatic carbocycles. The third-order valence-electron chi connectivity index (χ3n) is 2.94. The number of aryl methyl sites for hydroxylation is 1. The van der Waals surface area contributed by atoms with Gasteiger partial charge in [-0.2, -0.15) is 13.2 Å². The highest BCUT2D eigenvalue weighted by atomic mass is 19.4. The van der Waals surface area contributed by atoms with Crippen LogP contribution >= 0.6 is 0 Å². The summed E-state index contributed by atoms with van der Waals surface area (Å²) in [7, 11) is 0. The van der Waals surface area contributed by atoms with Crippen molar-refractivity contribution in [3.8, 4) is 0 Å². The van der Waals surface area contributed by atoms with Crippen molar-refractivity contribution in [3.63, 3.8) is 0 Å². The molecule has 0 aliphatic heterocycles. The molecule has 0 fully saturated rings. The van der Waals surface area contributed by atoms with E-state index < -0.39 is 11.7 Å². The normalized spacial score (nSPS) is 11.8. The number of nitrogens with one attached hydrogen (secondary N) is 1. The minimum absolute atomic E-state index is 0.571. The molecule has 108 valence electrons. The SMILES string of the molecule is FC(F)(F)c1ccc(CNCCCn2ccnc2)cc1. The van der Waals surface area contributed by atoms with Crippen molar-refractivity contribution in [1.29, 1.82) is 0 Å². The summed E-state index contributed by atoms with van der Waals surface area (Å²) in [5.74, 6) is 0. The topological polar surface area (TPSA) is 29.9 Å². The Bertz CT molecular complexity index is 503. The second-order valence-electron chi connectivity index (χ2n) is 4.53. The Balaban J connectivity index is 1.69. The fourth-order valence-corrected chi connectivity index (χ4v) is 1.85. The number of alkyl halides is 3. The molecular formula is C14H16F3N3. The number of benzene rings is 1. The molecule has 0 aliphatic carbocycles. The van der Waals surface area contributed by atoms with E-state index in [9.17, 15) is 13.2 Å². The van der Waals surface area contributed by atoms with Gasteiger partial charge < -0.3 is 9.88 Å². The van der Waals surface area contributed by atoms with Crippen molar-refractivity contribution >= 4 is 0 Å². The molecule has 0 aliphatic rings. The first-order chi connectivity index (χ1) is 9.55. The monoisotopic (exact) mass is 283 g/mol. The summed E-state index contributed by atoms with van der Waals surface area (Å²) in [6.07, 6.45) is 2.06. The van der Waals surface area contributed by atoms with Crippen LogP contribution in [0.2, 0.25) is 0 Å². The van der Waals surface area contributed by atoms with Crippen molar-refractivity contribution in [3.05, 3.63) is 54.1 Å². The molecule has 0 bridgehead atoms. The van der Waals surface area contributed by atoms with Crippen LogP contribution in [0.1, 0.15) is 17.5 Å². The van der Waals surface area contributed by atoms with E-state index >= 15 is 0 Å². The molecule has 0 unspecified atom stereocenters. The van der Waals surface area contributed by atoms with Gasteiger partial charge in [0.05, 0.1) is 11.9 Å². The van der Waals surface area contributed by atoms with Crippen LogP contribution in [0, 0.1) is 0 Å². The summed E-state index contributed by atoms with van der Waals surface area (Å²) in [5, 5.41) is 3.21. The van der Waals surface area contributed by atoms with E-state index in [1.807, 2.05) is 10.8 Å². The molecule has 1 aromatic heterocycles. The molecule has 20 heavy (non-hydrogen) atoms. The molecule has 2 aromatic rings. The van der Waals surface area contributed by atoms with Crippen molar-refractivity contribution in [2.24, 2.45) is 0 Å². The lowest BCUT2D eigenvalue weighted by atomic mass is 10.1. The number of imidazole rings is 1. The Hall–Kier alpha value is -1.82. The standard InChI is InChI=1S/C14H16F3N3/c15-14(16,17)13-4-2-12(3-5-13)10-18-6-1-8-20-9-7-19-11-20/h2-5,7,9,11,18H,1,6,8,10H2. The van der Waals surface area contributed by atoms with Crippen LogP contribution in [-0.2, 0) is 19.3 Å². The summed E-state index contributed by atoms with van der Waals surface area (Å²) >= 11 is 0. The molecule has 0 atom stereocenters. The number of aromatic nitrogens is 2. The van der Waals surface area contributed by atoms with Crippen molar-refractivity contribution < 1.29 is 13.2 Å². The average Bonchev–Trinajstić information content (AvgIpc) is 2.91. The van der Waals surface area contributed by atoms with Gasteiger partial charge in [0.1, 0.15) is 0 Å². The molecule has 1 heterocycles. The van der Waals surface area contributed by atoms with Crippen molar-refractivity contribution in [2.75, 3.05) is 6.54 Å². The molecule has 0 amide bonds. The zero-order valence-corrected chi connectivity index (χ0v) is 10.9. The number of hydrogen-bond donors (Lipinski definition) is 1. The summed E-state index contributed by atoms with van der Waals surface area (Å²) in [6.45, 7) is 2.25. The molecule has 1 N–H and O–H groups in total. The first kappa shape index (κ1) is 14.6. The average molecular weight is 283 g/mol. The van der Waals surface area contributed by atoms with Gasteiger partial charge in [-0.15, -0.1) is 0 Å². The smallest absolute Gasteiger partial charge is 0.337 e. The van der Waals surface area contributed by atoms with E-state index in [0.717, 1.165) is 37.2 Å². The minimum Gasteiger partial charge on any atom is -0.337 e. The van der Waals surface area contributed by atoms with E-state index in [1.54, 1.807) is 12.5 Å². The maximum atomic E-state index is 12.4. The van der Waals surface area contributed by atoms with Gasteiger partial charge in [0, 0.05) is 25.5 Å². The van der Waals surface area contributed by atoms with Crippen LogP contribution in [0.25, 0.3) is 0 Å². The van der Waals surface area contributed by atoms with Gasteiger partial charge in [0.25, 0.3) is 0 Å². The third kappa shape index (κ3) is 4.38. The Morgan fingerprint density at radius 2 is 1.90 bits per heavy atom. The summed E-state index contributed by atoms with van der Waals surface area (Å²) in [6, 6.07) is 5.24. The van der Waals surface area contributed by atoms with E-state index in [2.05, 4.69) is 10.3 Å². The molecule has 0 radical (unpaired) electrons. The second-order valence-corrected chi connectivity index (χ2v) is 4.53. The summed E-state index contributed by atoms with van der Waals surface area (Å²) in [4.78, 5) is 3.95. The summed E-state index contributed by atoms with van der Waals surface area (Å²) in [5.41, 5.74) is 0.238. The van der Waals surface area contributed by atoms with Crippen LogP contribution in [0.5, 0.6) is 0 Å². The number of hydrogen-bond acceptors (Lipinski definition) is 2. The van der Waals surface area contributed by atoms with Crippen molar-refractivity contribution in [2.45, 2.75) is 25.7 Å². The quantitative estimate of drug-likeness (QED) is 0.826. The molecule has 0 saturated heterocycles. The highest BCUT2D eigenvalue weighted by Gasteiger charge is 2.29. The van der Waals surface area contributed by atoms with E-state index in [-0.39, 0.29) is 0 Å². The maximum absolute atomic E-state index is 12.4. The largest absolute Gasteiger partial charge is 0.416 e. The molecule has 2 rings (SSSR count). The summed E-state index contributed by atoms with van der Waals surface area (Å²) < 4.78 is 39.1. The Morgan fingerprint density at radius 3 is 2.50 bits per heavy atom. The van der Waals surface area contributed by atoms with Gasteiger partial charge in [-0.1, -0.05) is 12.1 Å². The Morgan fingerprint density at radius 1 is 1.15 bits per heavy atom. The number of nitrogens with zero attached hydrogens (tertiary/aromatic N) is 2. The second kappa shape index (κ2) is 6.56. The van der Waals surface area contributed by atoms with Crippen LogP contribution in [0.3, 0.4) is 0 Å². The zero-order chi connectivity index (χ0) is 14.4. The molecule has 3 nitrogen and oxygen atoms in total. The number of halogens is 3. The molecule has 0 spiro atoms. The van der Waals surface area contributed by atoms with E-state index in [1.165, 1.54) is 12.1 Å². The van der Waals surface area contributed by atoms with Crippen LogP contribution < -0.4 is 5.32 Å². The van der Waals surface area contributed by atoms with Crippen LogP contribution in [0.4, 0.5) is 13.2 Å². The van der Waals surface area contributed by atoms with Crippen LogP contribution in [-0.4, -0.2) is 16.1 Å². The molecular weight excluding hydrogens is 267 g/mol. The van der Waals surface area contributed by atoms with E-state index in [0.29, 0.717) is 6.54 Å². The van der Waals surface area contributed by atoms with Gasteiger partial charge in [0.2, 0.25) is 0 Å². The lowest BCUT2D eigenvalue weighted by molar-refractivity contribution is -0.137. The maximum Gasteiger partial charge on any atom is 0.416 e. The highest BCUT2D eigenvalue weighted by molar-refractivity contribution is 5.24. The zero-order valence-electron chi connectivity index (χ0n) is 10.9. The fourth-order valence-electron chi connectivity index (χ4n) is 1.85. The van der Waals surface area contributed by atoms with Crippen molar-refractivity contribution in [1.82, 2.24) is 14.9 Å². The Kier molecular flexibility index (Phi) is 4.79. The predicted octanol–water partition coefficient (Wildman–Crippen LogP) is 3.08. The number of rotatable bonds is 6. The Labute approximate surface area is 115 Å². The molecule has 6 heteroatoms. The lowest BCUT2D eigenvalue weighted by Crippen LogP contribution is -2.16. The van der Waals surface area contributed by atoms with Gasteiger partial charge in [-0.3, -0.25) is 0 Å². The van der Waals surface area contributed by atoms with Gasteiger partial charge >= 0.3 is 6.18 Å². The van der Waals surface area contributed by atoms with Gasteiger partial charge in [-0.05, 0) is 30.7 Å². The minimum atomic E-state index is -4.27.